The lowest BCUT2D eigenvalue weighted by atomic mass is 10.0. The van der Waals surface area contributed by atoms with Crippen LogP contribution in [0.15, 0.2) is 35.5 Å². The number of fused-ring (bicyclic) bond motifs is 1. The van der Waals surface area contributed by atoms with E-state index in [0.717, 1.165) is 23.6 Å². The maximum absolute atomic E-state index is 13.4. The van der Waals surface area contributed by atoms with Crippen molar-refractivity contribution in [2.75, 3.05) is 5.75 Å². The second kappa shape index (κ2) is 5.35. The van der Waals surface area contributed by atoms with E-state index < -0.39 is 0 Å². The number of nitrogens with zero attached hydrogens (tertiary/aromatic N) is 2. The van der Waals surface area contributed by atoms with E-state index in [1.807, 2.05) is 23.9 Å². The van der Waals surface area contributed by atoms with Crippen LogP contribution in [0, 0.1) is 5.82 Å². The summed E-state index contributed by atoms with van der Waals surface area (Å²) >= 11 is 1.80. The topological polar surface area (TPSA) is 29.9 Å². The molecule has 1 atom stereocenters. The Bertz CT molecular complexity index is 582. The van der Waals surface area contributed by atoms with Gasteiger partial charge in [-0.1, -0.05) is 0 Å². The molecule has 0 radical (unpaired) electrons. The first-order valence-corrected chi connectivity index (χ1v) is 7.34. The number of aryl methyl sites for hydroxylation is 1. The summed E-state index contributed by atoms with van der Waals surface area (Å²) in [7, 11) is 1.98. The molecule has 0 bridgehead atoms. The van der Waals surface area contributed by atoms with E-state index in [2.05, 4.69) is 10.3 Å². The number of imidazole rings is 1. The van der Waals surface area contributed by atoms with Crippen LogP contribution < -0.4 is 5.32 Å². The monoisotopic (exact) mass is 277 g/mol. The van der Waals surface area contributed by atoms with Gasteiger partial charge < -0.3 is 9.88 Å². The minimum atomic E-state index is -0.162. The van der Waals surface area contributed by atoms with Crippen LogP contribution in [0.5, 0.6) is 0 Å². The molecule has 2 heterocycles. The fourth-order valence-corrected chi connectivity index (χ4v) is 3.46. The van der Waals surface area contributed by atoms with Crippen LogP contribution in [-0.4, -0.2) is 15.3 Å². The Balaban J connectivity index is 1.76. The Morgan fingerprint density at radius 3 is 3.21 bits per heavy atom. The Kier molecular flexibility index (Phi) is 3.57. The molecule has 19 heavy (non-hydrogen) atoms. The zero-order chi connectivity index (χ0) is 13.2. The zero-order valence-electron chi connectivity index (χ0n) is 10.8. The molecular weight excluding hydrogens is 261 g/mol. The molecule has 5 heteroatoms. The van der Waals surface area contributed by atoms with Gasteiger partial charge in [0, 0.05) is 30.4 Å². The summed E-state index contributed by atoms with van der Waals surface area (Å²) in [6.07, 6.45) is 4.74. The van der Waals surface area contributed by atoms with Gasteiger partial charge in [0.25, 0.3) is 0 Å². The zero-order valence-corrected chi connectivity index (χ0v) is 11.6. The molecule has 1 N–H and O–H groups in total. The Hall–Kier alpha value is -1.33. The number of benzene rings is 1. The highest BCUT2D eigenvalue weighted by molar-refractivity contribution is 7.99. The fourth-order valence-electron chi connectivity index (χ4n) is 2.36. The molecule has 1 aromatic carbocycles. The highest BCUT2D eigenvalue weighted by Crippen LogP contribution is 2.36. The lowest BCUT2D eigenvalue weighted by Gasteiger charge is -2.26. The van der Waals surface area contributed by atoms with Crippen molar-refractivity contribution >= 4 is 11.8 Å². The minimum absolute atomic E-state index is 0.162. The van der Waals surface area contributed by atoms with E-state index in [9.17, 15) is 4.39 Å². The van der Waals surface area contributed by atoms with Gasteiger partial charge in [0.1, 0.15) is 11.6 Å². The quantitative estimate of drug-likeness (QED) is 0.935. The molecule has 0 amide bonds. The van der Waals surface area contributed by atoms with E-state index in [1.54, 1.807) is 24.0 Å². The molecular formula is C14H16FN3S. The molecule has 0 spiro atoms. The van der Waals surface area contributed by atoms with Crippen LogP contribution in [0.4, 0.5) is 4.39 Å². The summed E-state index contributed by atoms with van der Waals surface area (Å²) in [5.41, 5.74) is 1.07. The largest absolute Gasteiger partial charge is 0.337 e. The van der Waals surface area contributed by atoms with Crippen LogP contribution >= 0.6 is 11.8 Å². The highest BCUT2D eigenvalue weighted by Gasteiger charge is 2.21. The second-order valence-electron chi connectivity index (χ2n) is 4.71. The smallest absolute Gasteiger partial charge is 0.123 e. The van der Waals surface area contributed by atoms with Crippen molar-refractivity contribution in [2.24, 2.45) is 7.05 Å². The Morgan fingerprint density at radius 2 is 2.42 bits per heavy atom. The van der Waals surface area contributed by atoms with Gasteiger partial charge in [-0.15, -0.1) is 11.8 Å². The summed E-state index contributed by atoms with van der Waals surface area (Å²) in [6.45, 7) is 0.703. The van der Waals surface area contributed by atoms with Crippen molar-refractivity contribution in [3.8, 4) is 0 Å². The summed E-state index contributed by atoms with van der Waals surface area (Å²) in [5.74, 6) is 1.90. The summed E-state index contributed by atoms with van der Waals surface area (Å²) < 4.78 is 15.4. The van der Waals surface area contributed by atoms with Gasteiger partial charge in [-0.3, -0.25) is 0 Å². The summed E-state index contributed by atoms with van der Waals surface area (Å²) in [5, 5.41) is 3.48. The van der Waals surface area contributed by atoms with Gasteiger partial charge in [-0.05, 0) is 35.9 Å². The summed E-state index contributed by atoms with van der Waals surface area (Å²) in [6, 6.07) is 5.28. The van der Waals surface area contributed by atoms with Crippen LogP contribution in [0.2, 0.25) is 0 Å². The van der Waals surface area contributed by atoms with Gasteiger partial charge >= 0.3 is 0 Å². The number of rotatable bonds is 3. The van der Waals surface area contributed by atoms with Crippen molar-refractivity contribution in [2.45, 2.75) is 23.9 Å². The van der Waals surface area contributed by atoms with Crippen molar-refractivity contribution in [1.82, 2.24) is 14.9 Å². The van der Waals surface area contributed by atoms with Crippen molar-refractivity contribution in [3.05, 3.63) is 47.8 Å². The highest BCUT2D eigenvalue weighted by atomic mass is 32.2. The van der Waals surface area contributed by atoms with Crippen LogP contribution in [-0.2, 0) is 13.6 Å². The number of aromatic nitrogens is 2. The molecule has 1 aromatic heterocycles. The molecule has 1 unspecified atom stereocenters. The molecule has 1 aliphatic heterocycles. The molecule has 3 nitrogen and oxygen atoms in total. The second-order valence-corrected chi connectivity index (χ2v) is 5.84. The minimum Gasteiger partial charge on any atom is -0.337 e. The molecule has 0 saturated heterocycles. The molecule has 0 aliphatic carbocycles. The van der Waals surface area contributed by atoms with Crippen molar-refractivity contribution in [3.63, 3.8) is 0 Å². The first-order chi connectivity index (χ1) is 9.24. The number of hydrogen-bond acceptors (Lipinski definition) is 3. The molecule has 0 fully saturated rings. The average Bonchev–Trinajstić information content (AvgIpc) is 2.82. The summed E-state index contributed by atoms with van der Waals surface area (Å²) in [4.78, 5) is 5.48. The van der Waals surface area contributed by atoms with Crippen LogP contribution in [0.1, 0.15) is 23.9 Å². The number of nitrogens with one attached hydrogen (secondary N) is 1. The van der Waals surface area contributed by atoms with E-state index in [4.69, 9.17) is 0 Å². The molecule has 2 aromatic rings. The van der Waals surface area contributed by atoms with E-state index in [1.165, 1.54) is 11.0 Å². The standard InChI is InChI=1S/C14H16FN3S/c1-18-6-5-16-14(18)9-17-12-4-7-19-13-3-2-10(15)8-11(12)13/h2-3,5-6,8,12,17H,4,7,9H2,1H3. The maximum atomic E-state index is 13.4. The Labute approximate surface area is 116 Å². The van der Waals surface area contributed by atoms with Crippen LogP contribution in [0.3, 0.4) is 0 Å². The van der Waals surface area contributed by atoms with Gasteiger partial charge in [-0.2, -0.15) is 0 Å². The van der Waals surface area contributed by atoms with E-state index >= 15 is 0 Å². The third-order valence-corrected chi connectivity index (χ3v) is 4.56. The fraction of sp³-hybridized carbons (Fsp3) is 0.357. The van der Waals surface area contributed by atoms with Crippen LogP contribution in [0.25, 0.3) is 0 Å². The SMILES string of the molecule is Cn1ccnc1CNC1CCSc2ccc(F)cc21. The lowest BCUT2D eigenvalue weighted by Crippen LogP contribution is -2.25. The van der Waals surface area contributed by atoms with Gasteiger partial charge in [0.05, 0.1) is 6.54 Å². The predicted molar refractivity (Wildman–Crippen MR) is 74.5 cm³/mol. The number of thioether (sulfide) groups is 1. The molecule has 100 valence electrons. The van der Waals surface area contributed by atoms with E-state index in [0.29, 0.717) is 6.54 Å². The van der Waals surface area contributed by atoms with Crippen molar-refractivity contribution < 1.29 is 4.39 Å². The molecule has 1 aliphatic rings. The van der Waals surface area contributed by atoms with Gasteiger partial charge in [-0.25, -0.2) is 9.37 Å². The Morgan fingerprint density at radius 1 is 1.53 bits per heavy atom. The molecule has 0 saturated carbocycles. The van der Waals surface area contributed by atoms with Gasteiger partial charge in [0.2, 0.25) is 0 Å². The normalized spacial score (nSPS) is 18.3. The van der Waals surface area contributed by atoms with E-state index in [-0.39, 0.29) is 11.9 Å². The number of hydrogen-bond donors (Lipinski definition) is 1. The van der Waals surface area contributed by atoms with Crippen molar-refractivity contribution in [1.29, 1.82) is 0 Å². The maximum Gasteiger partial charge on any atom is 0.123 e. The first kappa shape index (κ1) is 12.7. The van der Waals surface area contributed by atoms with Gasteiger partial charge in [0.15, 0.2) is 0 Å². The third kappa shape index (κ3) is 2.67. The lowest BCUT2D eigenvalue weighted by molar-refractivity contribution is 0.490. The molecule has 3 rings (SSSR count). The number of halogens is 1. The average molecular weight is 277 g/mol. The first-order valence-electron chi connectivity index (χ1n) is 6.36. The predicted octanol–water partition coefficient (Wildman–Crippen LogP) is 2.89. The third-order valence-electron chi connectivity index (χ3n) is 3.44.